The molecule has 2 bridgehead atoms. The zero-order valence-corrected chi connectivity index (χ0v) is 8.05. The third kappa shape index (κ3) is 1.77. The molecule has 1 atom stereocenters. The highest BCUT2D eigenvalue weighted by Gasteiger charge is 2.34. The molecule has 74 valence electrons. The molecule has 3 fully saturated rings. The van der Waals surface area contributed by atoms with Crippen LogP contribution in [0, 0.1) is 5.92 Å². The number of rotatable bonds is 1. The Hall–Kier alpha value is -0.770. The first-order chi connectivity index (χ1) is 6.29. The van der Waals surface area contributed by atoms with Gasteiger partial charge in [-0.1, -0.05) is 0 Å². The van der Waals surface area contributed by atoms with Gasteiger partial charge in [0.2, 0.25) is 0 Å². The van der Waals surface area contributed by atoms with Crippen molar-refractivity contribution in [1.82, 2.24) is 15.5 Å². The predicted octanol–water partition coefficient (Wildman–Crippen LogP) is 0.00960. The van der Waals surface area contributed by atoms with Crippen molar-refractivity contribution in [3.8, 4) is 0 Å². The summed E-state index contributed by atoms with van der Waals surface area (Å²) in [6.07, 6.45) is 2.49. The quantitative estimate of drug-likeness (QED) is 0.601. The van der Waals surface area contributed by atoms with Gasteiger partial charge in [0, 0.05) is 19.6 Å². The third-order valence-electron chi connectivity index (χ3n) is 3.20. The van der Waals surface area contributed by atoms with Gasteiger partial charge in [-0.05, 0) is 31.8 Å². The van der Waals surface area contributed by atoms with Gasteiger partial charge in [-0.25, -0.2) is 4.79 Å². The van der Waals surface area contributed by atoms with Gasteiger partial charge >= 0.3 is 6.03 Å². The molecule has 0 aromatic heterocycles. The number of hydrogen-bond acceptors (Lipinski definition) is 2. The second-order valence-corrected chi connectivity index (χ2v) is 3.97. The topological polar surface area (TPSA) is 44.4 Å². The number of nitrogens with one attached hydrogen (secondary N) is 2. The van der Waals surface area contributed by atoms with Crippen LogP contribution in [0.25, 0.3) is 0 Å². The molecular formula is C9H17N3O. The van der Waals surface area contributed by atoms with Gasteiger partial charge in [-0.3, -0.25) is 0 Å². The van der Waals surface area contributed by atoms with Crippen molar-refractivity contribution in [2.24, 2.45) is 5.92 Å². The zero-order chi connectivity index (χ0) is 9.26. The molecule has 0 radical (unpaired) electrons. The average molecular weight is 183 g/mol. The molecule has 2 N–H and O–H groups in total. The highest BCUT2D eigenvalue weighted by Crippen LogP contribution is 2.27. The molecule has 0 aromatic rings. The van der Waals surface area contributed by atoms with Crippen LogP contribution in [0.1, 0.15) is 12.8 Å². The summed E-state index contributed by atoms with van der Waals surface area (Å²) in [7, 11) is 1.66. The molecule has 1 unspecified atom stereocenters. The van der Waals surface area contributed by atoms with Crippen LogP contribution >= 0.6 is 0 Å². The fourth-order valence-corrected chi connectivity index (χ4v) is 2.37. The molecule has 0 aliphatic carbocycles. The van der Waals surface area contributed by atoms with Crippen molar-refractivity contribution in [3.63, 3.8) is 0 Å². The first-order valence-electron chi connectivity index (χ1n) is 5.00. The molecule has 0 aromatic carbocycles. The van der Waals surface area contributed by atoms with E-state index in [1.807, 2.05) is 0 Å². The van der Waals surface area contributed by atoms with Gasteiger partial charge in [0.15, 0.2) is 0 Å². The Morgan fingerprint density at radius 2 is 2.08 bits per heavy atom. The Labute approximate surface area is 78.7 Å². The number of carbonyl (C=O) groups is 1. The minimum Gasteiger partial charge on any atom is -0.341 e. The van der Waals surface area contributed by atoms with E-state index in [0.717, 1.165) is 6.54 Å². The number of carbonyl (C=O) groups excluding carboxylic acids is 1. The molecule has 0 saturated carbocycles. The Bertz CT molecular complexity index is 199. The average Bonchev–Trinajstić information content (AvgIpc) is 2.19. The van der Waals surface area contributed by atoms with Gasteiger partial charge in [0.25, 0.3) is 0 Å². The Morgan fingerprint density at radius 1 is 1.38 bits per heavy atom. The van der Waals surface area contributed by atoms with Crippen molar-refractivity contribution < 1.29 is 4.79 Å². The lowest BCUT2D eigenvalue weighted by molar-refractivity contribution is 0.0768. The standard InChI is InChI=1S/C9H17N3O/c1-10-9(13)11-8-6-12-4-2-7(8)3-5-12/h7-8H,2-6H2,1H3,(H2,10,11,13). The van der Waals surface area contributed by atoms with Gasteiger partial charge in [0.05, 0.1) is 0 Å². The summed E-state index contributed by atoms with van der Waals surface area (Å²) in [4.78, 5) is 13.5. The molecule has 3 aliphatic heterocycles. The highest BCUT2D eigenvalue weighted by atomic mass is 16.2. The summed E-state index contributed by atoms with van der Waals surface area (Å²) in [5.41, 5.74) is 0. The summed E-state index contributed by atoms with van der Waals surface area (Å²) in [5.74, 6) is 0.710. The maximum absolute atomic E-state index is 11.1. The summed E-state index contributed by atoms with van der Waals surface area (Å²) in [6.45, 7) is 3.48. The summed E-state index contributed by atoms with van der Waals surface area (Å²) in [6, 6.07) is 0.334. The van der Waals surface area contributed by atoms with Crippen LogP contribution in [0.4, 0.5) is 4.79 Å². The predicted molar refractivity (Wildman–Crippen MR) is 50.5 cm³/mol. The number of fused-ring (bicyclic) bond motifs is 3. The summed E-state index contributed by atoms with van der Waals surface area (Å²) >= 11 is 0. The molecule has 3 rings (SSSR count). The van der Waals surface area contributed by atoms with Crippen molar-refractivity contribution in [3.05, 3.63) is 0 Å². The van der Waals surface area contributed by atoms with Crippen molar-refractivity contribution >= 4 is 6.03 Å². The van der Waals surface area contributed by atoms with Crippen molar-refractivity contribution in [2.75, 3.05) is 26.7 Å². The molecule has 3 heterocycles. The smallest absolute Gasteiger partial charge is 0.314 e. The van der Waals surface area contributed by atoms with E-state index in [4.69, 9.17) is 0 Å². The van der Waals surface area contributed by atoms with Gasteiger partial charge in [-0.2, -0.15) is 0 Å². The van der Waals surface area contributed by atoms with Crippen molar-refractivity contribution in [2.45, 2.75) is 18.9 Å². The number of amides is 2. The van der Waals surface area contributed by atoms with E-state index >= 15 is 0 Å². The fourth-order valence-electron chi connectivity index (χ4n) is 2.37. The number of piperidine rings is 3. The van der Waals surface area contributed by atoms with Gasteiger partial charge < -0.3 is 15.5 Å². The lowest BCUT2D eigenvalue weighted by Gasteiger charge is -2.44. The molecule has 13 heavy (non-hydrogen) atoms. The molecule has 3 aliphatic rings. The zero-order valence-electron chi connectivity index (χ0n) is 8.05. The maximum atomic E-state index is 11.1. The SMILES string of the molecule is CNC(=O)NC1CN2CCC1CC2. The van der Waals surface area contributed by atoms with Gasteiger partial charge in [-0.15, -0.1) is 0 Å². The molecule has 4 nitrogen and oxygen atoms in total. The summed E-state index contributed by atoms with van der Waals surface area (Å²) in [5, 5.41) is 5.61. The van der Waals surface area contributed by atoms with E-state index in [0.29, 0.717) is 12.0 Å². The van der Waals surface area contributed by atoms with Gasteiger partial charge in [0.1, 0.15) is 0 Å². The Morgan fingerprint density at radius 3 is 2.54 bits per heavy atom. The van der Waals surface area contributed by atoms with Crippen LogP contribution in [-0.4, -0.2) is 43.7 Å². The van der Waals surface area contributed by atoms with Crippen LogP contribution in [-0.2, 0) is 0 Å². The van der Waals surface area contributed by atoms with E-state index < -0.39 is 0 Å². The fraction of sp³-hybridized carbons (Fsp3) is 0.889. The third-order valence-corrected chi connectivity index (χ3v) is 3.20. The number of nitrogens with zero attached hydrogens (tertiary/aromatic N) is 1. The van der Waals surface area contributed by atoms with Crippen LogP contribution in [0.5, 0.6) is 0 Å². The normalized spacial score (nSPS) is 37.2. The van der Waals surface area contributed by atoms with E-state index in [1.165, 1.54) is 25.9 Å². The number of hydrogen-bond donors (Lipinski definition) is 2. The van der Waals surface area contributed by atoms with Crippen LogP contribution < -0.4 is 10.6 Å². The second kappa shape index (κ2) is 3.54. The number of urea groups is 1. The molecule has 4 heteroatoms. The Kier molecular flexibility index (Phi) is 2.40. The summed E-state index contributed by atoms with van der Waals surface area (Å²) < 4.78 is 0. The lowest BCUT2D eigenvalue weighted by Crippen LogP contribution is -2.58. The molecule has 3 saturated heterocycles. The van der Waals surface area contributed by atoms with E-state index in [1.54, 1.807) is 7.05 Å². The van der Waals surface area contributed by atoms with Crippen molar-refractivity contribution in [1.29, 1.82) is 0 Å². The first kappa shape index (κ1) is 8.81. The van der Waals surface area contributed by atoms with E-state index in [2.05, 4.69) is 15.5 Å². The van der Waals surface area contributed by atoms with Crippen LogP contribution in [0.15, 0.2) is 0 Å². The Balaban J connectivity index is 1.90. The largest absolute Gasteiger partial charge is 0.341 e. The minimum atomic E-state index is -0.0428. The maximum Gasteiger partial charge on any atom is 0.314 e. The van der Waals surface area contributed by atoms with E-state index in [-0.39, 0.29) is 6.03 Å². The highest BCUT2D eigenvalue weighted by molar-refractivity contribution is 5.73. The molecular weight excluding hydrogens is 166 g/mol. The minimum absolute atomic E-state index is 0.0428. The van der Waals surface area contributed by atoms with Crippen LogP contribution in [0.3, 0.4) is 0 Å². The molecule has 2 amide bonds. The molecule has 0 spiro atoms. The monoisotopic (exact) mass is 183 g/mol. The van der Waals surface area contributed by atoms with Crippen LogP contribution in [0.2, 0.25) is 0 Å². The second-order valence-electron chi connectivity index (χ2n) is 3.97. The lowest BCUT2D eigenvalue weighted by atomic mass is 9.84. The van der Waals surface area contributed by atoms with E-state index in [9.17, 15) is 4.79 Å². The first-order valence-corrected chi connectivity index (χ1v) is 5.00.